The molecule has 1 saturated heterocycles. The minimum Gasteiger partial charge on any atom is -0.458 e. The summed E-state index contributed by atoms with van der Waals surface area (Å²) in [5.74, 6) is 1.55. The van der Waals surface area contributed by atoms with E-state index < -0.39 is 0 Å². The molecule has 10 nitrogen and oxygen atoms in total. The second kappa shape index (κ2) is 8.75. The molecule has 35 heavy (non-hydrogen) atoms. The van der Waals surface area contributed by atoms with E-state index in [-0.39, 0.29) is 29.4 Å². The zero-order chi connectivity index (χ0) is 24.0. The van der Waals surface area contributed by atoms with Crippen molar-refractivity contribution in [2.24, 2.45) is 5.92 Å². The number of aromatic nitrogens is 5. The molecule has 3 saturated carbocycles. The number of methoxy groups -OCH3 is 1. The number of piperidine rings is 1. The number of hydrogen-bond donors (Lipinski definition) is 2. The first-order chi connectivity index (χ1) is 17.0. The summed E-state index contributed by atoms with van der Waals surface area (Å²) in [6.45, 7) is 3.84. The maximum absolute atomic E-state index is 13.0. The Kier molecular flexibility index (Phi) is 5.55. The molecule has 0 spiro atoms. The number of carbonyl (C=O) groups excluding carboxylic acids is 1. The number of nitrogens with one attached hydrogen (secondary N) is 2. The zero-order valence-electron chi connectivity index (χ0n) is 20.2. The molecule has 1 aliphatic heterocycles. The number of carbonyl (C=O) groups is 1. The fraction of sp³-hybridized carbons (Fsp3) is 0.560. The highest BCUT2D eigenvalue weighted by molar-refractivity contribution is 5.91. The van der Waals surface area contributed by atoms with Crippen molar-refractivity contribution in [3.05, 3.63) is 35.9 Å². The first kappa shape index (κ1) is 22.2. The average Bonchev–Trinajstić information content (AvgIpc) is 3.25. The van der Waals surface area contributed by atoms with E-state index in [1.54, 1.807) is 13.3 Å². The topological polar surface area (TPSA) is 118 Å². The Hall–Kier alpha value is -3.27. The van der Waals surface area contributed by atoms with Gasteiger partial charge in [-0.1, -0.05) is 0 Å². The Bertz CT molecular complexity index is 1220. The monoisotopic (exact) mass is 477 g/mol. The fourth-order valence-electron chi connectivity index (χ4n) is 5.72. The highest BCUT2D eigenvalue weighted by Gasteiger charge is 2.57. The number of aromatic amines is 1. The first-order valence-electron chi connectivity index (χ1n) is 12.4. The average molecular weight is 478 g/mol. The number of nitrogens with zero attached hydrogens (tertiary/aromatic N) is 5. The van der Waals surface area contributed by atoms with E-state index >= 15 is 0 Å². The van der Waals surface area contributed by atoms with Crippen molar-refractivity contribution < 1.29 is 14.3 Å². The van der Waals surface area contributed by atoms with Crippen molar-refractivity contribution in [2.45, 2.75) is 56.6 Å². The van der Waals surface area contributed by atoms with Crippen LogP contribution in [0.2, 0.25) is 0 Å². The summed E-state index contributed by atoms with van der Waals surface area (Å²) >= 11 is 0. The molecule has 7 rings (SSSR count). The molecule has 4 heterocycles. The van der Waals surface area contributed by atoms with Gasteiger partial charge in [0, 0.05) is 43.5 Å². The normalized spacial score (nSPS) is 24.5. The van der Waals surface area contributed by atoms with Crippen LogP contribution in [0.15, 0.2) is 24.5 Å². The first-order valence-corrected chi connectivity index (χ1v) is 12.4. The third-order valence-electron chi connectivity index (χ3n) is 7.63. The van der Waals surface area contributed by atoms with Crippen LogP contribution in [0.25, 0.3) is 11.0 Å². The van der Waals surface area contributed by atoms with Gasteiger partial charge < -0.3 is 24.7 Å². The van der Waals surface area contributed by atoms with Crippen LogP contribution in [0.5, 0.6) is 6.01 Å². The van der Waals surface area contributed by atoms with Crippen LogP contribution >= 0.6 is 0 Å². The van der Waals surface area contributed by atoms with Crippen molar-refractivity contribution in [1.29, 1.82) is 0 Å². The van der Waals surface area contributed by atoms with Crippen LogP contribution in [0.1, 0.15) is 61.1 Å². The molecule has 10 heteroatoms. The van der Waals surface area contributed by atoms with Crippen molar-refractivity contribution in [1.82, 2.24) is 30.2 Å². The third-order valence-corrected chi connectivity index (χ3v) is 7.63. The summed E-state index contributed by atoms with van der Waals surface area (Å²) in [4.78, 5) is 36.4. The van der Waals surface area contributed by atoms with Crippen molar-refractivity contribution in [3.63, 3.8) is 0 Å². The largest absolute Gasteiger partial charge is 0.458 e. The Morgan fingerprint density at radius 2 is 2.06 bits per heavy atom. The summed E-state index contributed by atoms with van der Waals surface area (Å²) in [6, 6.07) is 4.26. The molecule has 2 N–H and O–H groups in total. The highest BCUT2D eigenvalue weighted by atomic mass is 16.5. The highest BCUT2D eigenvalue weighted by Crippen LogP contribution is 2.56. The number of anilines is 1. The van der Waals surface area contributed by atoms with E-state index in [4.69, 9.17) is 9.47 Å². The Labute approximate surface area is 203 Å². The van der Waals surface area contributed by atoms with E-state index in [1.807, 2.05) is 13.0 Å². The Morgan fingerprint density at radius 3 is 2.77 bits per heavy atom. The van der Waals surface area contributed by atoms with Gasteiger partial charge in [-0.2, -0.15) is 15.0 Å². The summed E-state index contributed by atoms with van der Waals surface area (Å²) < 4.78 is 11.1. The summed E-state index contributed by atoms with van der Waals surface area (Å²) in [5.41, 5.74) is 2.18. The molecule has 2 bridgehead atoms. The van der Waals surface area contributed by atoms with Gasteiger partial charge >= 0.3 is 6.01 Å². The third kappa shape index (κ3) is 4.20. The predicted molar refractivity (Wildman–Crippen MR) is 130 cm³/mol. The van der Waals surface area contributed by atoms with Gasteiger partial charge in [-0.05, 0) is 68.6 Å². The van der Waals surface area contributed by atoms with E-state index in [0.29, 0.717) is 18.5 Å². The van der Waals surface area contributed by atoms with Crippen LogP contribution in [-0.2, 0) is 4.74 Å². The quantitative estimate of drug-likeness (QED) is 0.509. The van der Waals surface area contributed by atoms with E-state index in [9.17, 15) is 4.79 Å². The van der Waals surface area contributed by atoms with Gasteiger partial charge in [-0.15, -0.1) is 0 Å². The van der Waals surface area contributed by atoms with Crippen LogP contribution in [0.4, 0.5) is 5.95 Å². The van der Waals surface area contributed by atoms with Gasteiger partial charge in [-0.3, -0.25) is 4.79 Å². The van der Waals surface area contributed by atoms with Crippen LogP contribution < -0.4 is 15.0 Å². The van der Waals surface area contributed by atoms with E-state index in [0.717, 1.165) is 56.8 Å². The molecule has 0 unspecified atom stereocenters. The van der Waals surface area contributed by atoms with Crippen molar-refractivity contribution in [3.8, 4) is 6.01 Å². The number of fused-ring (bicyclic) bond motifs is 1. The lowest BCUT2D eigenvalue weighted by atomic mass is 9.50. The van der Waals surface area contributed by atoms with Crippen LogP contribution in [-0.4, -0.2) is 69.3 Å². The molecule has 0 radical (unpaired) electrons. The van der Waals surface area contributed by atoms with E-state index in [1.165, 1.54) is 10.9 Å². The Morgan fingerprint density at radius 1 is 1.26 bits per heavy atom. The molecule has 4 aliphatic rings. The smallest absolute Gasteiger partial charge is 0.322 e. The molecular weight excluding hydrogens is 446 g/mol. The molecule has 0 aromatic carbocycles. The zero-order valence-corrected chi connectivity index (χ0v) is 20.2. The van der Waals surface area contributed by atoms with Gasteiger partial charge in [0.25, 0.3) is 5.91 Å². The van der Waals surface area contributed by atoms with Crippen LogP contribution in [0.3, 0.4) is 0 Å². The second-order valence-electron chi connectivity index (χ2n) is 10.2. The molecule has 4 fully saturated rings. The molecular formula is C25H31N7O3. The summed E-state index contributed by atoms with van der Waals surface area (Å²) in [7, 11) is 1.62. The van der Waals surface area contributed by atoms with Gasteiger partial charge in [-0.25, -0.2) is 4.98 Å². The maximum atomic E-state index is 13.0. The Balaban J connectivity index is 1.20. The summed E-state index contributed by atoms with van der Waals surface area (Å²) in [6.07, 6.45) is 8.72. The lowest BCUT2D eigenvalue weighted by Crippen LogP contribution is -2.68. The molecule has 1 amide bonds. The number of hydrogen-bond acceptors (Lipinski definition) is 8. The summed E-state index contributed by atoms with van der Waals surface area (Å²) in [5, 5.41) is 4.34. The minimum absolute atomic E-state index is 0.0502. The SMILES string of the molecule is COC[C@@H](C)Oc1nc(C(=O)NC23CC(C2)C3)nc(N2CCC(c3c[nH]c4ncccc34)CC2)n1. The lowest BCUT2D eigenvalue weighted by Gasteiger charge is -2.61. The van der Waals surface area contributed by atoms with Gasteiger partial charge in [0.15, 0.2) is 0 Å². The van der Waals surface area contributed by atoms with Crippen LogP contribution in [0, 0.1) is 5.92 Å². The predicted octanol–water partition coefficient (Wildman–Crippen LogP) is 2.83. The van der Waals surface area contributed by atoms with Gasteiger partial charge in [0.05, 0.1) is 6.61 Å². The number of pyridine rings is 1. The fourth-order valence-corrected chi connectivity index (χ4v) is 5.72. The number of amides is 1. The van der Waals surface area contributed by atoms with Gasteiger partial charge in [0.1, 0.15) is 11.8 Å². The van der Waals surface area contributed by atoms with Crippen molar-refractivity contribution >= 4 is 22.9 Å². The molecule has 3 aromatic rings. The van der Waals surface area contributed by atoms with Gasteiger partial charge in [0.2, 0.25) is 11.8 Å². The lowest BCUT2D eigenvalue weighted by molar-refractivity contribution is -0.0441. The number of H-pyrrole nitrogens is 1. The maximum Gasteiger partial charge on any atom is 0.322 e. The molecule has 1 atom stereocenters. The standard InChI is InChI=1S/C25H31N7O3/c1-15(14-34-2)35-24-29-21(22(33)31-25-10-16(11-25)12-25)28-23(30-24)32-8-5-17(6-9-32)19-13-27-20-18(19)4-3-7-26-20/h3-4,7,13,15-17H,5-6,8-12,14H2,1-2H3,(H,26,27)(H,31,33)/t15-,16?,25?/m1/s1. The minimum atomic E-state index is -0.253. The second-order valence-corrected chi connectivity index (χ2v) is 10.2. The molecule has 3 aliphatic carbocycles. The number of ether oxygens (including phenoxy) is 2. The van der Waals surface area contributed by atoms with Crippen molar-refractivity contribution in [2.75, 3.05) is 31.7 Å². The number of rotatable bonds is 8. The molecule has 184 valence electrons. The molecule has 3 aromatic heterocycles. The van der Waals surface area contributed by atoms with E-state index in [2.05, 4.69) is 47.4 Å².